The van der Waals surface area contributed by atoms with Gasteiger partial charge in [-0.3, -0.25) is 20.2 Å². The molecule has 1 aliphatic heterocycles. The monoisotopic (exact) mass is 279 g/mol. The molecule has 7 nitrogen and oxygen atoms in total. The number of nitro groups is 2. The molecule has 1 fully saturated rings. The van der Waals surface area contributed by atoms with Gasteiger partial charge in [0.15, 0.2) is 0 Å². The molecule has 0 spiro atoms. The van der Waals surface area contributed by atoms with E-state index in [4.69, 9.17) is 0 Å². The summed E-state index contributed by atoms with van der Waals surface area (Å²) in [5.74, 6) is 0.471. The lowest BCUT2D eigenvalue weighted by Gasteiger charge is -2.32. The maximum Gasteiger partial charge on any atom is 0.299 e. The molecule has 0 aliphatic carbocycles. The Morgan fingerprint density at radius 1 is 1.20 bits per heavy atom. The van der Waals surface area contributed by atoms with Gasteiger partial charge in [0.2, 0.25) is 0 Å². The van der Waals surface area contributed by atoms with E-state index in [1.54, 1.807) is 13.0 Å². The molecule has 0 radical (unpaired) electrons. The molecule has 0 N–H and O–H groups in total. The van der Waals surface area contributed by atoms with Crippen LogP contribution in [-0.4, -0.2) is 22.9 Å². The molecule has 0 amide bonds. The van der Waals surface area contributed by atoms with E-state index in [0.717, 1.165) is 32.0 Å². The van der Waals surface area contributed by atoms with E-state index in [9.17, 15) is 20.2 Å². The molecule has 1 saturated heterocycles. The van der Waals surface area contributed by atoms with Crippen LogP contribution in [0.5, 0.6) is 0 Å². The number of piperidine rings is 1. The van der Waals surface area contributed by atoms with Crippen molar-refractivity contribution in [2.75, 3.05) is 18.0 Å². The highest BCUT2D eigenvalue weighted by Gasteiger charge is 2.27. The van der Waals surface area contributed by atoms with Crippen LogP contribution in [0.1, 0.15) is 25.3 Å². The standard InChI is InChI=1S/C13H17N3O4/c1-9-4-3-5-14(8-9)12-6-10(2)11(15(17)18)7-13(12)16(19)20/h6-7,9H,3-5,8H2,1-2H3. The Morgan fingerprint density at radius 2 is 1.85 bits per heavy atom. The zero-order valence-corrected chi connectivity index (χ0v) is 11.5. The zero-order chi connectivity index (χ0) is 14.9. The van der Waals surface area contributed by atoms with E-state index in [1.165, 1.54) is 0 Å². The zero-order valence-electron chi connectivity index (χ0n) is 11.5. The minimum atomic E-state index is -0.578. The number of nitrogens with zero attached hydrogens (tertiary/aromatic N) is 3. The van der Waals surface area contributed by atoms with Crippen LogP contribution in [0.2, 0.25) is 0 Å². The van der Waals surface area contributed by atoms with Gasteiger partial charge in [-0.05, 0) is 31.7 Å². The average molecular weight is 279 g/mol. The van der Waals surface area contributed by atoms with Crippen molar-refractivity contribution in [3.8, 4) is 0 Å². The van der Waals surface area contributed by atoms with Gasteiger partial charge < -0.3 is 4.90 Å². The number of aryl methyl sites for hydroxylation is 1. The van der Waals surface area contributed by atoms with E-state index in [2.05, 4.69) is 6.92 Å². The highest BCUT2D eigenvalue weighted by Crippen LogP contribution is 2.36. The van der Waals surface area contributed by atoms with Crippen molar-refractivity contribution in [2.45, 2.75) is 26.7 Å². The van der Waals surface area contributed by atoms with E-state index in [-0.39, 0.29) is 11.4 Å². The largest absolute Gasteiger partial charge is 0.366 e. The molecular weight excluding hydrogens is 262 g/mol. The molecule has 20 heavy (non-hydrogen) atoms. The summed E-state index contributed by atoms with van der Waals surface area (Å²) in [4.78, 5) is 22.9. The van der Waals surface area contributed by atoms with Crippen LogP contribution in [0, 0.1) is 33.1 Å². The summed E-state index contributed by atoms with van der Waals surface area (Å²) in [5, 5.41) is 22.1. The normalized spacial score (nSPS) is 18.9. The predicted octanol–water partition coefficient (Wildman–Crippen LogP) is 3.05. The van der Waals surface area contributed by atoms with Gasteiger partial charge in [0.1, 0.15) is 5.69 Å². The first kappa shape index (κ1) is 14.2. The smallest absolute Gasteiger partial charge is 0.299 e. The Bertz CT molecular complexity index is 559. The Kier molecular flexibility index (Phi) is 3.87. The molecule has 1 atom stereocenters. The number of hydrogen-bond acceptors (Lipinski definition) is 5. The highest BCUT2D eigenvalue weighted by atomic mass is 16.6. The fourth-order valence-electron chi connectivity index (χ4n) is 2.67. The summed E-state index contributed by atoms with van der Waals surface area (Å²) >= 11 is 0. The molecule has 1 unspecified atom stereocenters. The van der Waals surface area contributed by atoms with Crippen molar-refractivity contribution in [1.82, 2.24) is 0 Å². The van der Waals surface area contributed by atoms with Gasteiger partial charge >= 0.3 is 0 Å². The highest BCUT2D eigenvalue weighted by molar-refractivity contribution is 5.69. The van der Waals surface area contributed by atoms with Crippen LogP contribution in [0.4, 0.5) is 17.1 Å². The summed E-state index contributed by atoms with van der Waals surface area (Å²) in [7, 11) is 0. The van der Waals surface area contributed by atoms with E-state index in [0.29, 0.717) is 17.2 Å². The maximum atomic E-state index is 11.2. The molecule has 0 bridgehead atoms. The van der Waals surface area contributed by atoms with E-state index >= 15 is 0 Å². The van der Waals surface area contributed by atoms with Crippen molar-refractivity contribution in [3.63, 3.8) is 0 Å². The van der Waals surface area contributed by atoms with Gasteiger partial charge in [0.05, 0.1) is 15.9 Å². The first-order valence-electron chi connectivity index (χ1n) is 6.58. The Balaban J connectivity index is 2.48. The minimum absolute atomic E-state index is 0.184. The van der Waals surface area contributed by atoms with Crippen LogP contribution < -0.4 is 4.90 Å². The van der Waals surface area contributed by atoms with Crippen molar-refractivity contribution in [2.24, 2.45) is 5.92 Å². The van der Waals surface area contributed by atoms with Crippen molar-refractivity contribution in [1.29, 1.82) is 0 Å². The fourth-order valence-corrected chi connectivity index (χ4v) is 2.67. The second-order valence-corrected chi connectivity index (χ2v) is 5.34. The lowest BCUT2D eigenvalue weighted by Crippen LogP contribution is -2.34. The van der Waals surface area contributed by atoms with Crippen LogP contribution in [0.15, 0.2) is 12.1 Å². The number of benzene rings is 1. The molecular formula is C13H17N3O4. The topological polar surface area (TPSA) is 89.5 Å². The summed E-state index contributed by atoms with van der Waals surface area (Å²) in [5.41, 5.74) is 0.556. The molecule has 1 aromatic carbocycles. The van der Waals surface area contributed by atoms with Gasteiger partial charge in [-0.25, -0.2) is 0 Å². The molecule has 108 valence electrons. The third-order valence-electron chi connectivity index (χ3n) is 3.68. The third-order valence-corrected chi connectivity index (χ3v) is 3.68. The van der Waals surface area contributed by atoms with Crippen LogP contribution in [0.3, 0.4) is 0 Å². The molecule has 0 saturated carbocycles. The van der Waals surface area contributed by atoms with Crippen molar-refractivity contribution in [3.05, 3.63) is 37.9 Å². The predicted molar refractivity (Wildman–Crippen MR) is 75.1 cm³/mol. The Labute approximate surface area is 116 Å². The van der Waals surface area contributed by atoms with Gasteiger partial charge in [-0.1, -0.05) is 6.92 Å². The maximum absolute atomic E-state index is 11.2. The SMILES string of the molecule is Cc1cc(N2CCCC(C)C2)c([N+](=O)[O-])cc1[N+](=O)[O-]. The van der Waals surface area contributed by atoms with E-state index in [1.807, 2.05) is 4.90 Å². The first-order chi connectivity index (χ1) is 9.40. The molecule has 1 aromatic rings. The van der Waals surface area contributed by atoms with Crippen molar-refractivity contribution < 1.29 is 9.85 Å². The first-order valence-corrected chi connectivity index (χ1v) is 6.58. The van der Waals surface area contributed by atoms with Crippen LogP contribution in [-0.2, 0) is 0 Å². The second-order valence-electron chi connectivity index (χ2n) is 5.34. The Morgan fingerprint density at radius 3 is 2.40 bits per heavy atom. The third kappa shape index (κ3) is 2.71. The van der Waals surface area contributed by atoms with Crippen molar-refractivity contribution >= 4 is 17.1 Å². The molecule has 2 rings (SSSR count). The summed E-state index contributed by atoms with van der Waals surface area (Å²) in [6.45, 7) is 5.22. The number of hydrogen-bond donors (Lipinski definition) is 0. The van der Waals surface area contributed by atoms with Crippen LogP contribution in [0.25, 0.3) is 0 Å². The summed E-state index contributed by atoms with van der Waals surface area (Å²) < 4.78 is 0. The molecule has 1 heterocycles. The number of anilines is 1. The summed E-state index contributed by atoms with van der Waals surface area (Å²) in [6, 6.07) is 2.64. The number of rotatable bonds is 3. The minimum Gasteiger partial charge on any atom is -0.366 e. The lowest BCUT2D eigenvalue weighted by atomic mass is 9.99. The average Bonchev–Trinajstić information content (AvgIpc) is 2.37. The fraction of sp³-hybridized carbons (Fsp3) is 0.538. The molecule has 7 heteroatoms. The van der Waals surface area contributed by atoms with Gasteiger partial charge in [-0.15, -0.1) is 0 Å². The Hall–Kier alpha value is -2.18. The van der Waals surface area contributed by atoms with E-state index < -0.39 is 9.85 Å². The van der Waals surface area contributed by atoms with Gasteiger partial charge in [-0.2, -0.15) is 0 Å². The lowest BCUT2D eigenvalue weighted by molar-refractivity contribution is -0.394. The second kappa shape index (κ2) is 5.44. The molecule has 1 aliphatic rings. The van der Waals surface area contributed by atoms with Gasteiger partial charge in [0.25, 0.3) is 11.4 Å². The quantitative estimate of drug-likeness (QED) is 0.626. The van der Waals surface area contributed by atoms with Gasteiger partial charge in [0, 0.05) is 18.7 Å². The number of nitro benzene ring substituents is 2. The molecule has 0 aromatic heterocycles. The van der Waals surface area contributed by atoms with Crippen LogP contribution >= 0.6 is 0 Å². The summed E-state index contributed by atoms with van der Waals surface area (Å²) in [6.07, 6.45) is 2.09.